The molecule has 80 valence electrons. The highest BCUT2D eigenvalue weighted by Gasteiger charge is 2.27. The maximum absolute atomic E-state index is 11.8. The molecule has 0 aromatic carbocycles. The van der Waals surface area contributed by atoms with E-state index in [1.807, 2.05) is 0 Å². The zero-order valence-electron chi connectivity index (χ0n) is 8.58. The van der Waals surface area contributed by atoms with Crippen LogP contribution in [0.2, 0.25) is 0 Å². The largest absolute Gasteiger partial charge is 0.618 e. The summed E-state index contributed by atoms with van der Waals surface area (Å²) in [6, 6.07) is 1.70. The van der Waals surface area contributed by atoms with E-state index in [9.17, 15) is 5.21 Å². The minimum absolute atomic E-state index is 0.465. The molecule has 0 bridgehead atoms. The minimum atomic E-state index is 0.465. The van der Waals surface area contributed by atoms with Crippen molar-refractivity contribution in [1.29, 1.82) is 0 Å². The highest BCUT2D eigenvalue weighted by Crippen LogP contribution is 2.38. The number of aromatic nitrogens is 4. The van der Waals surface area contributed by atoms with Gasteiger partial charge in [-0.25, -0.2) is 15.0 Å². The first-order chi connectivity index (χ1) is 7.84. The molecule has 0 unspecified atom stereocenters. The van der Waals surface area contributed by atoms with Crippen LogP contribution in [0.4, 0.5) is 0 Å². The first-order valence-electron chi connectivity index (χ1n) is 5.20. The fourth-order valence-corrected chi connectivity index (χ4v) is 1.63. The summed E-state index contributed by atoms with van der Waals surface area (Å²) in [6.07, 6.45) is 8.44. The summed E-state index contributed by atoms with van der Waals surface area (Å²) in [6.45, 7) is 0. The van der Waals surface area contributed by atoms with Crippen molar-refractivity contribution in [3.8, 4) is 11.4 Å². The molecule has 0 saturated heterocycles. The van der Waals surface area contributed by atoms with Gasteiger partial charge in [-0.1, -0.05) is 0 Å². The van der Waals surface area contributed by atoms with Gasteiger partial charge in [0.1, 0.15) is 23.9 Å². The molecule has 0 atom stereocenters. The predicted octanol–water partition coefficient (Wildman–Crippen LogP) is 1.05. The van der Waals surface area contributed by atoms with Gasteiger partial charge in [0.05, 0.1) is 0 Å². The maximum Gasteiger partial charge on any atom is 0.260 e. The molecule has 5 nitrogen and oxygen atoms in total. The van der Waals surface area contributed by atoms with E-state index in [-0.39, 0.29) is 0 Å². The zero-order chi connectivity index (χ0) is 11.0. The summed E-state index contributed by atoms with van der Waals surface area (Å²) in [5.74, 6) is 0.486. The average Bonchev–Trinajstić information content (AvgIpc) is 3.14. The van der Waals surface area contributed by atoms with Crippen molar-refractivity contribution in [3.63, 3.8) is 0 Å². The molecule has 2 aromatic rings. The van der Waals surface area contributed by atoms with Gasteiger partial charge in [-0.05, 0) is 18.9 Å². The molecule has 16 heavy (non-hydrogen) atoms. The Kier molecular flexibility index (Phi) is 2.02. The van der Waals surface area contributed by atoms with Crippen LogP contribution in [0.15, 0.2) is 31.0 Å². The third-order valence-corrected chi connectivity index (χ3v) is 2.66. The van der Waals surface area contributed by atoms with Crippen molar-refractivity contribution in [2.24, 2.45) is 0 Å². The first kappa shape index (κ1) is 9.21. The van der Waals surface area contributed by atoms with Crippen LogP contribution in [0.25, 0.3) is 11.4 Å². The van der Waals surface area contributed by atoms with E-state index in [2.05, 4.69) is 15.0 Å². The average molecular weight is 214 g/mol. The molecule has 0 aliphatic heterocycles. The first-order valence-corrected chi connectivity index (χ1v) is 5.20. The molecule has 0 N–H and O–H groups in total. The van der Waals surface area contributed by atoms with E-state index in [1.54, 1.807) is 24.7 Å². The van der Waals surface area contributed by atoms with Crippen molar-refractivity contribution in [2.45, 2.75) is 18.8 Å². The lowest BCUT2D eigenvalue weighted by Gasteiger charge is -2.04. The molecule has 1 saturated carbocycles. The maximum atomic E-state index is 11.8. The second-order valence-corrected chi connectivity index (χ2v) is 3.89. The van der Waals surface area contributed by atoms with E-state index in [4.69, 9.17) is 0 Å². The number of hydrogen-bond acceptors (Lipinski definition) is 4. The van der Waals surface area contributed by atoms with Crippen LogP contribution in [0, 0.1) is 5.21 Å². The van der Waals surface area contributed by atoms with E-state index < -0.39 is 0 Å². The van der Waals surface area contributed by atoms with Crippen LogP contribution in [-0.4, -0.2) is 15.0 Å². The van der Waals surface area contributed by atoms with Crippen LogP contribution < -0.4 is 4.73 Å². The van der Waals surface area contributed by atoms with Crippen LogP contribution >= 0.6 is 0 Å². The third-order valence-electron chi connectivity index (χ3n) is 2.66. The molecule has 2 aromatic heterocycles. The van der Waals surface area contributed by atoms with Crippen LogP contribution in [0.3, 0.4) is 0 Å². The van der Waals surface area contributed by atoms with Gasteiger partial charge in [-0.2, -0.15) is 4.73 Å². The van der Waals surface area contributed by atoms with Crippen LogP contribution in [0.1, 0.15) is 24.5 Å². The Morgan fingerprint density at radius 3 is 2.81 bits per heavy atom. The Bertz CT molecular complexity index is 511. The summed E-state index contributed by atoms with van der Waals surface area (Å²) in [7, 11) is 0. The zero-order valence-corrected chi connectivity index (χ0v) is 8.58. The number of hydrogen-bond donors (Lipinski definition) is 0. The van der Waals surface area contributed by atoms with Gasteiger partial charge in [-0.15, -0.1) is 0 Å². The minimum Gasteiger partial charge on any atom is -0.618 e. The summed E-state index contributed by atoms with van der Waals surface area (Å²) < 4.78 is 0.836. The van der Waals surface area contributed by atoms with Crippen molar-refractivity contribution < 1.29 is 4.73 Å². The molecule has 2 heterocycles. The second kappa shape index (κ2) is 3.52. The van der Waals surface area contributed by atoms with Gasteiger partial charge in [0.2, 0.25) is 6.20 Å². The summed E-state index contributed by atoms with van der Waals surface area (Å²) in [4.78, 5) is 12.1. The number of rotatable bonds is 2. The van der Waals surface area contributed by atoms with E-state index >= 15 is 0 Å². The van der Waals surface area contributed by atoms with Crippen LogP contribution in [-0.2, 0) is 0 Å². The predicted molar refractivity (Wildman–Crippen MR) is 56.2 cm³/mol. The topological polar surface area (TPSA) is 65.6 Å². The van der Waals surface area contributed by atoms with Gasteiger partial charge >= 0.3 is 0 Å². The van der Waals surface area contributed by atoms with Crippen molar-refractivity contribution in [1.82, 2.24) is 15.0 Å². The fourth-order valence-electron chi connectivity index (χ4n) is 1.63. The third kappa shape index (κ3) is 1.60. The second-order valence-electron chi connectivity index (χ2n) is 3.89. The Labute approximate surface area is 92.4 Å². The van der Waals surface area contributed by atoms with Gasteiger partial charge in [0.25, 0.3) is 5.69 Å². The SMILES string of the molecule is [O-][n+]1cc(C2CC2)ncc1-c1ccncn1. The molecule has 0 radical (unpaired) electrons. The molecule has 1 aliphatic carbocycles. The lowest BCUT2D eigenvalue weighted by atomic mass is 10.2. The lowest BCUT2D eigenvalue weighted by molar-refractivity contribution is -0.594. The highest BCUT2D eigenvalue weighted by molar-refractivity contribution is 5.47. The normalized spacial score (nSPS) is 15.0. The Morgan fingerprint density at radius 2 is 2.19 bits per heavy atom. The Hall–Kier alpha value is -2.04. The summed E-state index contributed by atoms with van der Waals surface area (Å²) in [5.41, 5.74) is 1.94. The monoisotopic (exact) mass is 214 g/mol. The summed E-state index contributed by atoms with van der Waals surface area (Å²) in [5, 5.41) is 11.8. The fraction of sp³-hybridized carbons (Fsp3) is 0.273. The van der Waals surface area contributed by atoms with E-state index in [1.165, 1.54) is 6.33 Å². The quantitative estimate of drug-likeness (QED) is 0.553. The molecule has 1 fully saturated rings. The number of nitrogens with zero attached hydrogens (tertiary/aromatic N) is 4. The van der Waals surface area contributed by atoms with Gasteiger partial charge in [0.15, 0.2) is 0 Å². The van der Waals surface area contributed by atoms with Crippen molar-refractivity contribution in [2.75, 3.05) is 0 Å². The lowest BCUT2D eigenvalue weighted by Crippen LogP contribution is -2.30. The molecular formula is C11H10N4O. The van der Waals surface area contributed by atoms with Crippen molar-refractivity contribution in [3.05, 3.63) is 41.9 Å². The molecule has 1 aliphatic rings. The van der Waals surface area contributed by atoms with Gasteiger partial charge < -0.3 is 5.21 Å². The molecular weight excluding hydrogens is 204 g/mol. The standard InChI is InChI=1S/C11H10N4O/c16-15-6-10(8-1-2-8)13-5-11(15)9-3-4-12-7-14-9/h3-8H,1-2H2. The van der Waals surface area contributed by atoms with Crippen molar-refractivity contribution >= 4 is 0 Å². The molecule has 0 spiro atoms. The molecule has 0 amide bonds. The van der Waals surface area contributed by atoms with E-state index in [0.717, 1.165) is 23.3 Å². The summed E-state index contributed by atoms with van der Waals surface area (Å²) >= 11 is 0. The molecule has 5 heteroatoms. The highest BCUT2D eigenvalue weighted by atomic mass is 16.5. The van der Waals surface area contributed by atoms with Crippen LogP contribution in [0.5, 0.6) is 0 Å². The molecule has 3 rings (SSSR count). The van der Waals surface area contributed by atoms with Gasteiger partial charge in [0, 0.05) is 12.1 Å². The van der Waals surface area contributed by atoms with Gasteiger partial charge in [-0.3, -0.25) is 0 Å². The smallest absolute Gasteiger partial charge is 0.260 e. The Morgan fingerprint density at radius 1 is 1.31 bits per heavy atom. The Balaban J connectivity index is 2.02. The van der Waals surface area contributed by atoms with E-state index in [0.29, 0.717) is 17.3 Å².